The van der Waals surface area contributed by atoms with Gasteiger partial charge in [0.15, 0.2) is 6.61 Å². The summed E-state index contributed by atoms with van der Waals surface area (Å²) in [4.78, 5) is 37.5. The van der Waals surface area contributed by atoms with Crippen LogP contribution in [0.5, 0.6) is 5.75 Å². The fourth-order valence-corrected chi connectivity index (χ4v) is 4.22. The molecule has 2 aliphatic rings. The van der Waals surface area contributed by atoms with Crippen molar-refractivity contribution in [3.05, 3.63) is 47.7 Å². The third kappa shape index (κ3) is 4.98. The van der Waals surface area contributed by atoms with Crippen LogP contribution in [0.1, 0.15) is 42.6 Å². The third-order valence-electron chi connectivity index (χ3n) is 6.17. The van der Waals surface area contributed by atoms with Crippen molar-refractivity contribution in [1.29, 1.82) is 0 Å². The Kier molecular flexibility index (Phi) is 6.53. The maximum absolute atomic E-state index is 13.0. The summed E-state index contributed by atoms with van der Waals surface area (Å²) >= 11 is 0. The molecule has 0 saturated carbocycles. The summed E-state index contributed by atoms with van der Waals surface area (Å²) in [6.45, 7) is 1.79. The Bertz CT molecular complexity index is 976. The normalized spacial score (nSPS) is 19.3. The summed E-state index contributed by atoms with van der Waals surface area (Å²) < 4.78 is 18.5. The van der Waals surface area contributed by atoms with E-state index in [1.807, 2.05) is 20.2 Å². The molecule has 4 rings (SSSR count). The van der Waals surface area contributed by atoms with Crippen LogP contribution < -0.4 is 10.1 Å². The van der Waals surface area contributed by atoms with E-state index >= 15 is 0 Å². The van der Waals surface area contributed by atoms with Crippen LogP contribution in [0.25, 0.3) is 0 Å². The van der Waals surface area contributed by atoms with Gasteiger partial charge in [-0.3, -0.25) is 9.59 Å². The van der Waals surface area contributed by atoms with E-state index in [9.17, 15) is 14.0 Å². The molecule has 1 N–H and O–H groups in total. The van der Waals surface area contributed by atoms with Crippen LogP contribution in [0, 0.1) is 5.82 Å². The summed E-state index contributed by atoms with van der Waals surface area (Å²) in [5.74, 6) is 1.91. The Hall–Kier alpha value is -3.23. The van der Waals surface area contributed by atoms with Crippen molar-refractivity contribution in [2.24, 2.45) is 0 Å². The molecule has 32 heavy (non-hydrogen) atoms. The Morgan fingerprint density at radius 1 is 1.19 bits per heavy atom. The number of carbonyl (C=O) groups excluding carboxylic acids is 2. The molecule has 9 heteroatoms. The van der Waals surface area contributed by atoms with Gasteiger partial charge in [-0.25, -0.2) is 14.4 Å². The van der Waals surface area contributed by atoms with E-state index in [1.54, 1.807) is 9.80 Å². The van der Waals surface area contributed by atoms with Crippen molar-refractivity contribution in [2.75, 3.05) is 45.7 Å². The Labute approximate surface area is 186 Å². The van der Waals surface area contributed by atoms with Gasteiger partial charge >= 0.3 is 0 Å². The fourth-order valence-electron chi connectivity index (χ4n) is 4.22. The molecule has 8 nitrogen and oxygen atoms in total. The maximum atomic E-state index is 13.0. The molecule has 0 spiro atoms. The van der Waals surface area contributed by atoms with E-state index < -0.39 is 0 Å². The number of nitrogens with zero attached hydrogens (tertiary/aromatic N) is 4. The molecule has 0 unspecified atom stereocenters. The zero-order valence-electron chi connectivity index (χ0n) is 18.4. The van der Waals surface area contributed by atoms with Crippen molar-refractivity contribution in [2.45, 2.75) is 31.1 Å². The highest BCUT2D eigenvalue weighted by Crippen LogP contribution is 2.31. The summed E-state index contributed by atoms with van der Waals surface area (Å²) in [5.41, 5.74) is 0.892. The molecular weight excluding hydrogens is 413 g/mol. The average Bonchev–Trinajstić information content (AvgIpc) is 3.16. The quantitative estimate of drug-likeness (QED) is 0.741. The zero-order valence-corrected chi connectivity index (χ0v) is 18.4. The number of amides is 2. The summed E-state index contributed by atoms with van der Waals surface area (Å²) in [5, 5.41) is 3.10. The molecule has 2 amide bonds. The van der Waals surface area contributed by atoms with Crippen molar-refractivity contribution in [3.63, 3.8) is 0 Å². The standard InChI is InChI=1S/C23H28FN5O3/c1-25-20-12-19(16-11-21(30)28(2)13-16)26-23(27-20)15-7-9-29(10-8-15)22(31)14-32-18-5-3-17(24)4-6-18/h3-6,12,15-16H,7-11,13-14H2,1-2H3,(H,25,26,27)/t16-/m1/s1. The minimum atomic E-state index is -0.343. The number of piperidine rings is 1. The molecule has 2 aliphatic heterocycles. The van der Waals surface area contributed by atoms with E-state index in [2.05, 4.69) is 10.3 Å². The number of rotatable bonds is 6. The first-order valence-electron chi connectivity index (χ1n) is 10.9. The Morgan fingerprint density at radius 2 is 1.91 bits per heavy atom. The first-order chi connectivity index (χ1) is 15.4. The van der Waals surface area contributed by atoms with Crippen LogP contribution in [0.4, 0.5) is 10.2 Å². The minimum absolute atomic E-state index is 0.0740. The number of hydrogen-bond acceptors (Lipinski definition) is 6. The highest BCUT2D eigenvalue weighted by Gasteiger charge is 2.31. The van der Waals surface area contributed by atoms with Gasteiger partial charge in [-0.2, -0.15) is 0 Å². The molecule has 1 aromatic carbocycles. The second kappa shape index (κ2) is 9.50. The van der Waals surface area contributed by atoms with Crippen LogP contribution >= 0.6 is 0 Å². The molecule has 2 aromatic rings. The van der Waals surface area contributed by atoms with Gasteiger partial charge in [0.1, 0.15) is 23.2 Å². The molecule has 0 radical (unpaired) electrons. The lowest BCUT2D eigenvalue weighted by Crippen LogP contribution is -2.40. The number of likely N-dealkylation sites (tertiary alicyclic amines) is 2. The van der Waals surface area contributed by atoms with Crippen molar-refractivity contribution >= 4 is 17.6 Å². The molecule has 2 saturated heterocycles. The molecule has 2 fully saturated rings. The first kappa shape index (κ1) is 22.0. The van der Waals surface area contributed by atoms with E-state index in [-0.39, 0.29) is 36.1 Å². The predicted octanol–water partition coefficient (Wildman–Crippen LogP) is 2.39. The van der Waals surface area contributed by atoms with Crippen LogP contribution in [0.2, 0.25) is 0 Å². The van der Waals surface area contributed by atoms with E-state index in [0.717, 1.165) is 30.2 Å². The van der Waals surface area contributed by atoms with Gasteiger partial charge in [0.05, 0.1) is 5.69 Å². The van der Waals surface area contributed by atoms with Crippen LogP contribution in [0.15, 0.2) is 30.3 Å². The van der Waals surface area contributed by atoms with E-state index in [1.165, 1.54) is 24.3 Å². The number of anilines is 1. The lowest BCUT2D eigenvalue weighted by atomic mass is 9.95. The van der Waals surface area contributed by atoms with E-state index in [4.69, 9.17) is 9.72 Å². The SMILES string of the molecule is CNc1cc([C@@H]2CC(=O)N(C)C2)nc(C2CCN(C(=O)COc3ccc(F)cc3)CC2)n1. The monoisotopic (exact) mass is 441 g/mol. The van der Waals surface area contributed by atoms with Crippen LogP contribution in [-0.2, 0) is 9.59 Å². The second-order valence-electron chi connectivity index (χ2n) is 8.36. The molecule has 3 heterocycles. The molecule has 1 aromatic heterocycles. The minimum Gasteiger partial charge on any atom is -0.484 e. The third-order valence-corrected chi connectivity index (χ3v) is 6.17. The predicted molar refractivity (Wildman–Crippen MR) is 117 cm³/mol. The van der Waals surface area contributed by atoms with Gasteiger partial charge in [0.2, 0.25) is 5.91 Å². The second-order valence-corrected chi connectivity index (χ2v) is 8.36. The Balaban J connectivity index is 1.36. The van der Waals surface area contributed by atoms with Gasteiger partial charge in [-0.05, 0) is 37.1 Å². The number of likely N-dealkylation sites (N-methyl/N-ethyl adjacent to an activating group) is 1. The lowest BCUT2D eigenvalue weighted by Gasteiger charge is -2.31. The highest BCUT2D eigenvalue weighted by molar-refractivity contribution is 5.79. The molecule has 0 aliphatic carbocycles. The van der Waals surface area contributed by atoms with E-state index in [0.29, 0.717) is 31.8 Å². The van der Waals surface area contributed by atoms with Gasteiger partial charge < -0.3 is 19.9 Å². The smallest absolute Gasteiger partial charge is 0.260 e. The van der Waals surface area contributed by atoms with Crippen molar-refractivity contribution < 1.29 is 18.7 Å². The summed E-state index contributed by atoms with van der Waals surface area (Å²) in [6.07, 6.45) is 1.99. The average molecular weight is 442 g/mol. The van der Waals surface area contributed by atoms with Gasteiger partial charge in [0.25, 0.3) is 5.91 Å². The molecule has 170 valence electrons. The number of hydrogen-bond donors (Lipinski definition) is 1. The number of halogens is 1. The highest BCUT2D eigenvalue weighted by atomic mass is 19.1. The number of benzene rings is 1. The molecule has 0 bridgehead atoms. The summed E-state index contributed by atoms with van der Waals surface area (Å²) in [6, 6.07) is 7.55. The molecular formula is C23H28FN5O3. The van der Waals surface area contributed by atoms with Gasteiger partial charge in [-0.15, -0.1) is 0 Å². The lowest BCUT2D eigenvalue weighted by molar-refractivity contribution is -0.134. The summed E-state index contributed by atoms with van der Waals surface area (Å²) in [7, 11) is 3.64. The van der Waals surface area contributed by atoms with Gasteiger partial charge in [0, 0.05) is 58.1 Å². The van der Waals surface area contributed by atoms with Crippen molar-refractivity contribution in [3.8, 4) is 5.75 Å². The number of ether oxygens (including phenoxy) is 1. The zero-order chi connectivity index (χ0) is 22.7. The Morgan fingerprint density at radius 3 is 2.53 bits per heavy atom. The van der Waals surface area contributed by atoms with Crippen LogP contribution in [0.3, 0.4) is 0 Å². The topological polar surface area (TPSA) is 87.7 Å². The van der Waals surface area contributed by atoms with Crippen LogP contribution in [-0.4, -0.2) is 71.9 Å². The van der Waals surface area contributed by atoms with Crippen molar-refractivity contribution in [1.82, 2.24) is 19.8 Å². The van der Waals surface area contributed by atoms with Gasteiger partial charge in [-0.1, -0.05) is 0 Å². The largest absolute Gasteiger partial charge is 0.484 e. The molecule has 1 atom stereocenters. The first-order valence-corrected chi connectivity index (χ1v) is 10.9. The fraction of sp³-hybridized carbons (Fsp3) is 0.478. The number of nitrogens with one attached hydrogen (secondary N) is 1. The number of aromatic nitrogens is 2. The number of carbonyl (C=O) groups is 2. The maximum Gasteiger partial charge on any atom is 0.260 e.